The molecule has 0 aliphatic carbocycles. The van der Waals surface area contributed by atoms with Gasteiger partial charge in [0, 0.05) is 19.1 Å². The Morgan fingerprint density at radius 1 is 1.33 bits per heavy atom. The number of carbonyl (C=O) groups is 1. The van der Waals surface area contributed by atoms with Crippen LogP contribution in [0.2, 0.25) is 0 Å². The summed E-state index contributed by atoms with van der Waals surface area (Å²) in [4.78, 5) is 14.2. The normalized spacial score (nSPS) is 17.4. The monoisotopic (exact) mass is 292 g/mol. The molecule has 1 amide bonds. The number of nitrogens with two attached hydrogens (primary N) is 1. The topological polar surface area (TPSA) is 64.8 Å². The van der Waals surface area contributed by atoms with Crippen molar-refractivity contribution in [3.8, 4) is 11.5 Å². The molecule has 0 aromatic heterocycles. The second-order valence-corrected chi connectivity index (χ2v) is 5.30. The molecule has 2 rings (SSSR count). The van der Waals surface area contributed by atoms with E-state index in [1.54, 1.807) is 6.92 Å². The van der Waals surface area contributed by atoms with Crippen LogP contribution in [0, 0.1) is 0 Å². The quantitative estimate of drug-likeness (QED) is 0.899. The molecule has 2 N–H and O–H groups in total. The summed E-state index contributed by atoms with van der Waals surface area (Å²) in [6.45, 7) is 5.68. The van der Waals surface area contributed by atoms with Gasteiger partial charge in [-0.3, -0.25) is 4.79 Å². The van der Waals surface area contributed by atoms with Crippen LogP contribution in [0.25, 0.3) is 0 Å². The van der Waals surface area contributed by atoms with Gasteiger partial charge >= 0.3 is 0 Å². The minimum Gasteiger partial charge on any atom is -0.490 e. The Morgan fingerprint density at radius 2 is 1.95 bits per heavy atom. The van der Waals surface area contributed by atoms with Crippen LogP contribution in [0.15, 0.2) is 24.3 Å². The summed E-state index contributed by atoms with van der Waals surface area (Å²) in [7, 11) is 0. The summed E-state index contributed by atoms with van der Waals surface area (Å²) < 4.78 is 11.3. The second kappa shape index (κ2) is 7.31. The summed E-state index contributed by atoms with van der Waals surface area (Å²) in [6.07, 6.45) is 1.18. The lowest BCUT2D eigenvalue weighted by Gasteiger charge is -2.32. The van der Waals surface area contributed by atoms with Crippen LogP contribution in [0.5, 0.6) is 11.5 Å². The lowest BCUT2D eigenvalue weighted by Crippen LogP contribution is -2.47. The number of hydrogen-bond acceptors (Lipinski definition) is 4. The predicted molar refractivity (Wildman–Crippen MR) is 81.5 cm³/mol. The Kier molecular flexibility index (Phi) is 5.44. The van der Waals surface area contributed by atoms with Crippen LogP contribution in [-0.2, 0) is 4.79 Å². The van der Waals surface area contributed by atoms with Gasteiger partial charge in [-0.05, 0) is 38.8 Å². The number of nitrogens with zero attached hydrogens (tertiary/aromatic N) is 1. The van der Waals surface area contributed by atoms with Crippen molar-refractivity contribution >= 4 is 5.91 Å². The largest absolute Gasteiger partial charge is 0.490 e. The third kappa shape index (κ3) is 4.11. The molecule has 5 heteroatoms. The molecule has 1 fully saturated rings. The first-order chi connectivity index (χ1) is 10.1. The summed E-state index contributed by atoms with van der Waals surface area (Å²) in [5.74, 6) is 1.28. The van der Waals surface area contributed by atoms with Crippen LogP contribution < -0.4 is 15.2 Å². The van der Waals surface area contributed by atoms with Crippen LogP contribution in [0.3, 0.4) is 0 Å². The smallest absolute Gasteiger partial charge is 0.263 e. The zero-order chi connectivity index (χ0) is 15.2. The Bertz CT molecular complexity index is 470. The minimum atomic E-state index is -0.527. The average molecular weight is 292 g/mol. The first kappa shape index (κ1) is 15.6. The molecular weight excluding hydrogens is 268 g/mol. The van der Waals surface area contributed by atoms with Gasteiger partial charge in [0.25, 0.3) is 5.91 Å². The zero-order valence-electron chi connectivity index (χ0n) is 12.7. The van der Waals surface area contributed by atoms with E-state index in [4.69, 9.17) is 15.2 Å². The van der Waals surface area contributed by atoms with Crippen molar-refractivity contribution < 1.29 is 14.3 Å². The van der Waals surface area contributed by atoms with E-state index >= 15 is 0 Å². The van der Waals surface area contributed by atoms with E-state index in [2.05, 4.69) is 0 Å². The number of benzene rings is 1. The number of amides is 1. The number of likely N-dealkylation sites (tertiary alicyclic amines) is 1. The van der Waals surface area contributed by atoms with Gasteiger partial charge in [-0.1, -0.05) is 12.1 Å². The summed E-state index contributed by atoms with van der Waals surface area (Å²) in [5.41, 5.74) is 5.86. The highest BCUT2D eigenvalue weighted by Gasteiger charge is 2.26. The summed E-state index contributed by atoms with van der Waals surface area (Å²) >= 11 is 0. The van der Waals surface area contributed by atoms with Gasteiger partial charge in [-0.15, -0.1) is 0 Å². The van der Waals surface area contributed by atoms with Gasteiger partial charge in [-0.25, -0.2) is 0 Å². The number of ether oxygens (including phenoxy) is 2. The SMILES string of the molecule is CCOc1ccccc1OC(C)C(=O)N1CCC(N)CC1. The molecule has 0 spiro atoms. The highest BCUT2D eigenvalue weighted by atomic mass is 16.5. The maximum Gasteiger partial charge on any atom is 0.263 e. The van der Waals surface area contributed by atoms with Gasteiger partial charge < -0.3 is 20.1 Å². The predicted octanol–water partition coefficient (Wildman–Crippen LogP) is 1.80. The Morgan fingerprint density at radius 3 is 2.57 bits per heavy atom. The lowest BCUT2D eigenvalue weighted by molar-refractivity contribution is -0.139. The summed E-state index contributed by atoms with van der Waals surface area (Å²) in [5, 5.41) is 0. The number of para-hydroxylation sites is 2. The number of carbonyl (C=O) groups excluding carboxylic acids is 1. The fourth-order valence-electron chi connectivity index (χ4n) is 2.44. The number of rotatable bonds is 5. The van der Waals surface area contributed by atoms with Gasteiger partial charge in [0.15, 0.2) is 17.6 Å². The molecule has 0 bridgehead atoms. The van der Waals surface area contributed by atoms with Gasteiger partial charge in [0.1, 0.15) is 0 Å². The molecule has 1 saturated heterocycles. The van der Waals surface area contributed by atoms with E-state index in [-0.39, 0.29) is 11.9 Å². The third-order valence-electron chi connectivity index (χ3n) is 3.65. The molecule has 1 atom stereocenters. The third-order valence-corrected chi connectivity index (χ3v) is 3.65. The lowest BCUT2D eigenvalue weighted by atomic mass is 10.1. The maximum absolute atomic E-state index is 12.4. The van der Waals surface area contributed by atoms with Crippen LogP contribution in [0.1, 0.15) is 26.7 Å². The van der Waals surface area contributed by atoms with E-state index < -0.39 is 6.10 Å². The molecule has 21 heavy (non-hydrogen) atoms. The minimum absolute atomic E-state index is 0.00759. The number of piperidine rings is 1. The molecule has 0 radical (unpaired) electrons. The molecular formula is C16H24N2O3. The molecule has 116 valence electrons. The molecule has 1 aliphatic rings. The second-order valence-electron chi connectivity index (χ2n) is 5.30. The molecule has 1 aliphatic heterocycles. The number of hydrogen-bond donors (Lipinski definition) is 1. The van der Waals surface area contributed by atoms with Crippen molar-refractivity contribution in [3.63, 3.8) is 0 Å². The van der Waals surface area contributed by atoms with Crippen LogP contribution in [0.4, 0.5) is 0 Å². The maximum atomic E-state index is 12.4. The molecule has 1 aromatic rings. The van der Waals surface area contributed by atoms with Crippen molar-refractivity contribution in [3.05, 3.63) is 24.3 Å². The first-order valence-corrected chi connectivity index (χ1v) is 7.54. The standard InChI is InChI=1S/C16H24N2O3/c1-3-20-14-6-4-5-7-15(14)21-12(2)16(19)18-10-8-13(17)9-11-18/h4-7,12-13H,3,8-11,17H2,1-2H3. The van der Waals surface area contributed by atoms with Gasteiger partial charge in [0.2, 0.25) is 0 Å². The van der Waals surface area contributed by atoms with E-state index in [9.17, 15) is 4.79 Å². The van der Waals surface area contributed by atoms with Crippen molar-refractivity contribution in [1.29, 1.82) is 0 Å². The van der Waals surface area contributed by atoms with Gasteiger partial charge in [0.05, 0.1) is 6.61 Å². The van der Waals surface area contributed by atoms with Crippen LogP contribution in [-0.4, -0.2) is 42.6 Å². The molecule has 1 heterocycles. The first-order valence-electron chi connectivity index (χ1n) is 7.54. The van der Waals surface area contributed by atoms with Crippen molar-refractivity contribution in [2.45, 2.75) is 38.8 Å². The Balaban J connectivity index is 1.97. The highest BCUT2D eigenvalue weighted by Crippen LogP contribution is 2.27. The van der Waals surface area contributed by atoms with Crippen molar-refractivity contribution in [2.24, 2.45) is 5.73 Å². The average Bonchev–Trinajstić information content (AvgIpc) is 2.49. The van der Waals surface area contributed by atoms with E-state index in [1.807, 2.05) is 36.1 Å². The molecule has 1 aromatic carbocycles. The zero-order valence-corrected chi connectivity index (χ0v) is 12.7. The van der Waals surface area contributed by atoms with E-state index in [1.165, 1.54) is 0 Å². The van der Waals surface area contributed by atoms with Gasteiger partial charge in [-0.2, -0.15) is 0 Å². The fraction of sp³-hybridized carbons (Fsp3) is 0.562. The molecule has 1 unspecified atom stereocenters. The summed E-state index contributed by atoms with van der Waals surface area (Å²) in [6, 6.07) is 7.63. The van der Waals surface area contributed by atoms with E-state index in [0.717, 1.165) is 12.8 Å². The molecule has 5 nitrogen and oxygen atoms in total. The van der Waals surface area contributed by atoms with E-state index in [0.29, 0.717) is 31.2 Å². The van der Waals surface area contributed by atoms with Crippen molar-refractivity contribution in [2.75, 3.05) is 19.7 Å². The molecule has 0 saturated carbocycles. The Hall–Kier alpha value is -1.75. The fourth-order valence-corrected chi connectivity index (χ4v) is 2.44. The Labute approximate surface area is 126 Å². The van der Waals surface area contributed by atoms with Crippen LogP contribution >= 0.6 is 0 Å². The highest BCUT2D eigenvalue weighted by molar-refractivity contribution is 5.81. The van der Waals surface area contributed by atoms with Crippen molar-refractivity contribution in [1.82, 2.24) is 4.90 Å².